The van der Waals surface area contributed by atoms with Gasteiger partial charge in [0.2, 0.25) is 0 Å². The predicted molar refractivity (Wildman–Crippen MR) is 82.6 cm³/mol. The minimum atomic E-state index is -0.349. The van der Waals surface area contributed by atoms with Crippen LogP contribution in [0.1, 0.15) is 15.9 Å². The summed E-state index contributed by atoms with van der Waals surface area (Å²) in [5.41, 5.74) is 1.31. The fourth-order valence-electron chi connectivity index (χ4n) is 1.60. The van der Waals surface area contributed by atoms with Gasteiger partial charge in [-0.2, -0.15) is 0 Å². The molecule has 106 valence electrons. The second-order valence-corrected chi connectivity index (χ2v) is 4.78. The van der Waals surface area contributed by atoms with Crippen LogP contribution in [0.15, 0.2) is 36.7 Å². The number of aliphatic hydroxyl groups is 1. The van der Waals surface area contributed by atoms with E-state index in [1.165, 1.54) is 12.4 Å². The zero-order chi connectivity index (χ0) is 15.2. The Hall–Kier alpha value is -2.06. The summed E-state index contributed by atoms with van der Waals surface area (Å²) in [5, 5.41) is 12.2. The van der Waals surface area contributed by atoms with Gasteiger partial charge in [-0.1, -0.05) is 35.0 Å². The van der Waals surface area contributed by atoms with E-state index in [9.17, 15) is 4.79 Å². The van der Waals surface area contributed by atoms with Crippen molar-refractivity contribution in [2.75, 3.05) is 11.9 Å². The van der Waals surface area contributed by atoms with E-state index in [4.69, 9.17) is 28.3 Å². The zero-order valence-electron chi connectivity index (χ0n) is 10.7. The third-order valence-electron chi connectivity index (χ3n) is 2.55. The van der Waals surface area contributed by atoms with Crippen molar-refractivity contribution in [3.63, 3.8) is 0 Å². The molecule has 0 aliphatic heterocycles. The molecule has 0 bridgehead atoms. The van der Waals surface area contributed by atoms with Gasteiger partial charge in [0, 0.05) is 18.1 Å². The number of hydrogen-bond donors (Lipinski definition) is 2. The number of anilines is 1. The molecule has 2 N–H and O–H groups in total. The smallest absolute Gasteiger partial charge is 0.257 e. The minimum absolute atomic E-state index is 0.289. The molecule has 0 aliphatic rings. The third kappa shape index (κ3) is 3.96. The van der Waals surface area contributed by atoms with Crippen LogP contribution in [0.4, 0.5) is 5.69 Å². The highest BCUT2D eigenvalue weighted by Crippen LogP contribution is 2.25. The fourth-order valence-corrected chi connectivity index (χ4v) is 1.90. The maximum absolute atomic E-state index is 12.2. The molecule has 4 nitrogen and oxygen atoms in total. The van der Waals surface area contributed by atoms with Crippen LogP contribution in [0.3, 0.4) is 0 Å². The van der Waals surface area contributed by atoms with Crippen molar-refractivity contribution in [3.05, 3.63) is 57.8 Å². The van der Waals surface area contributed by atoms with E-state index < -0.39 is 0 Å². The maximum Gasteiger partial charge on any atom is 0.257 e. The van der Waals surface area contributed by atoms with Crippen LogP contribution in [-0.2, 0) is 0 Å². The van der Waals surface area contributed by atoms with Crippen LogP contribution < -0.4 is 5.32 Å². The van der Waals surface area contributed by atoms with Gasteiger partial charge in [0.25, 0.3) is 5.91 Å². The van der Waals surface area contributed by atoms with Crippen LogP contribution in [0, 0.1) is 11.8 Å². The van der Waals surface area contributed by atoms with Gasteiger partial charge in [0.1, 0.15) is 6.61 Å². The maximum atomic E-state index is 12.2. The van der Waals surface area contributed by atoms with E-state index in [0.29, 0.717) is 26.9 Å². The average Bonchev–Trinajstić information content (AvgIpc) is 2.49. The molecular weight excluding hydrogens is 311 g/mol. The van der Waals surface area contributed by atoms with Crippen molar-refractivity contribution >= 4 is 34.8 Å². The molecule has 0 aliphatic carbocycles. The number of benzene rings is 1. The highest BCUT2D eigenvalue weighted by atomic mass is 35.5. The van der Waals surface area contributed by atoms with E-state index in [2.05, 4.69) is 22.1 Å². The fraction of sp³-hybridized carbons (Fsp3) is 0.0667. The Morgan fingerprint density at radius 2 is 2.10 bits per heavy atom. The first-order chi connectivity index (χ1) is 10.1. The highest BCUT2D eigenvalue weighted by Gasteiger charge is 2.11. The van der Waals surface area contributed by atoms with Crippen LogP contribution >= 0.6 is 23.2 Å². The molecule has 0 fully saturated rings. The summed E-state index contributed by atoms with van der Waals surface area (Å²) < 4.78 is 0. The second kappa shape index (κ2) is 7.09. The van der Waals surface area contributed by atoms with Gasteiger partial charge in [-0.05, 0) is 24.3 Å². The summed E-state index contributed by atoms with van der Waals surface area (Å²) in [5.74, 6) is 4.82. The summed E-state index contributed by atoms with van der Waals surface area (Å²) >= 11 is 11.7. The van der Waals surface area contributed by atoms with E-state index in [0.717, 1.165) is 0 Å². The molecule has 1 aromatic carbocycles. The monoisotopic (exact) mass is 320 g/mol. The SMILES string of the molecule is O=C(Nc1ccc(Cl)c(Cl)c1)c1ccncc1C#CCO. The molecule has 0 spiro atoms. The van der Waals surface area contributed by atoms with Gasteiger partial charge in [0.05, 0.1) is 21.2 Å². The molecular formula is C15H10Cl2N2O2. The molecule has 0 saturated carbocycles. The number of halogens is 2. The lowest BCUT2D eigenvalue weighted by atomic mass is 10.1. The molecule has 0 radical (unpaired) electrons. The third-order valence-corrected chi connectivity index (χ3v) is 3.28. The van der Waals surface area contributed by atoms with Gasteiger partial charge in [-0.25, -0.2) is 0 Å². The number of carbonyl (C=O) groups is 1. The highest BCUT2D eigenvalue weighted by molar-refractivity contribution is 6.42. The normalized spacial score (nSPS) is 9.67. The molecule has 0 atom stereocenters. The molecule has 6 heteroatoms. The number of rotatable bonds is 2. The number of pyridine rings is 1. The number of amides is 1. The van der Waals surface area contributed by atoms with Crippen LogP contribution in [-0.4, -0.2) is 22.6 Å². The first kappa shape index (κ1) is 15.3. The molecule has 0 saturated heterocycles. The molecule has 1 amide bonds. The topological polar surface area (TPSA) is 62.2 Å². The summed E-state index contributed by atoms with van der Waals surface area (Å²) in [6, 6.07) is 6.35. The Labute approximate surface area is 131 Å². The Morgan fingerprint density at radius 3 is 2.81 bits per heavy atom. The Bertz CT molecular complexity index is 736. The lowest BCUT2D eigenvalue weighted by Gasteiger charge is -2.07. The van der Waals surface area contributed by atoms with Gasteiger partial charge in [-0.3, -0.25) is 9.78 Å². The molecule has 21 heavy (non-hydrogen) atoms. The van der Waals surface area contributed by atoms with Crippen LogP contribution in [0.25, 0.3) is 0 Å². The summed E-state index contributed by atoms with van der Waals surface area (Å²) in [6.45, 7) is -0.289. The summed E-state index contributed by atoms with van der Waals surface area (Å²) in [4.78, 5) is 16.2. The van der Waals surface area contributed by atoms with Gasteiger partial charge in [-0.15, -0.1) is 0 Å². The minimum Gasteiger partial charge on any atom is -0.384 e. The molecule has 1 aromatic heterocycles. The lowest BCUT2D eigenvalue weighted by Crippen LogP contribution is -2.13. The first-order valence-electron chi connectivity index (χ1n) is 5.92. The number of aromatic nitrogens is 1. The Morgan fingerprint density at radius 1 is 1.29 bits per heavy atom. The lowest BCUT2D eigenvalue weighted by molar-refractivity contribution is 0.102. The van der Waals surface area contributed by atoms with Crippen molar-refractivity contribution in [3.8, 4) is 11.8 Å². The number of carbonyl (C=O) groups excluding carboxylic acids is 1. The van der Waals surface area contributed by atoms with E-state index in [-0.39, 0.29) is 12.5 Å². The Kier molecular flexibility index (Phi) is 5.18. The largest absolute Gasteiger partial charge is 0.384 e. The van der Waals surface area contributed by atoms with Gasteiger partial charge in [0.15, 0.2) is 0 Å². The summed E-state index contributed by atoms with van der Waals surface area (Å²) in [6.07, 6.45) is 2.96. The van der Waals surface area contributed by atoms with Crippen molar-refractivity contribution in [2.45, 2.75) is 0 Å². The molecule has 1 heterocycles. The number of aliphatic hydroxyl groups excluding tert-OH is 1. The average molecular weight is 321 g/mol. The number of nitrogens with zero attached hydrogens (tertiary/aromatic N) is 1. The van der Waals surface area contributed by atoms with Gasteiger partial charge >= 0.3 is 0 Å². The first-order valence-corrected chi connectivity index (χ1v) is 6.67. The van der Waals surface area contributed by atoms with Crippen molar-refractivity contribution in [1.82, 2.24) is 4.98 Å². The molecule has 0 unspecified atom stereocenters. The zero-order valence-corrected chi connectivity index (χ0v) is 12.2. The standard InChI is InChI=1S/C15H10Cl2N2O2/c16-13-4-3-11(8-14(13)17)19-15(21)12-5-6-18-9-10(12)2-1-7-20/h3-6,8-9,20H,7H2,(H,19,21). The van der Waals surface area contributed by atoms with E-state index in [1.807, 2.05) is 0 Å². The number of hydrogen-bond acceptors (Lipinski definition) is 3. The quantitative estimate of drug-likeness (QED) is 0.836. The summed E-state index contributed by atoms with van der Waals surface area (Å²) in [7, 11) is 0. The number of nitrogens with one attached hydrogen (secondary N) is 1. The van der Waals surface area contributed by atoms with Crippen molar-refractivity contribution in [2.24, 2.45) is 0 Å². The second-order valence-electron chi connectivity index (χ2n) is 3.96. The predicted octanol–water partition coefficient (Wildman–Crippen LogP) is 2.98. The van der Waals surface area contributed by atoms with Crippen molar-refractivity contribution in [1.29, 1.82) is 0 Å². The van der Waals surface area contributed by atoms with Gasteiger partial charge < -0.3 is 10.4 Å². The van der Waals surface area contributed by atoms with E-state index in [1.54, 1.807) is 24.3 Å². The van der Waals surface area contributed by atoms with Crippen molar-refractivity contribution < 1.29 is 9.90 Å². The Balaban J connectivity index is 2.26. The van der Waals surface area contributed by atoms with Crippen LogP contribution in [0.2, 0.25) is 10.0 Å². The van der Waals surface area contributed by atoms with Crippen LogP contribution in [0.5, 0.6) is 0 Å². The molecule has 2 rings (SSSR count). The van der Waals surface area contributed by atoms with E-state index >= 15 is 0 Å². The molecule has 2 aromatic rings.